The van der Waals surface area contributed by atoms with Gasteiger partial charge in [0.1, 0.15) is 0 Å². The Bertz CT molecular complexity index is 3020. The minimum absolute atomic E-state index is 1.01. The lowest BCUT2D eigenvalue weighted by Gasteiger charge is -2.12. The molecule has 1 aliphatic rings. The molecule has 49 heavy (non-hydrogen) atoms. The van der Waals surface area contributed by atoms with E-state index < -0.39 is 0 Å². The van der Waals surface area contributed by atoms with E-state index >= 15 is 0 Å². The summed E-state index contributed by atoms with van der Waals surface area (Å²) >= 11 is 3.63. The molecule has 3 nitrogen and oxygen atoms in total. The zero-order chi connectivity index (χ0) is 32.1. The van der Waals surface area contributed by atoms with E-state index in [0.717, 1.165) is 39.2 Å². The number of fused-ring (bicyclic) bond motifs is 12. The summed E-state index contributed by atoms with van der Waals surface area (Å²) < 4.78 is 4.88. The average molecular weight is 660 g/mol. The van der Waals surface area contributed by atoms with Gasteiger partial charge in [-0.1, -0.05) is 115 Å². The number of benzene rings is 7. The van der Waals surface area contributed by atoms with E-state index in [1.807, 2.05) is 23.6 Å². The Labute approximate surface area is 289 Å². The number of pyridine rings is 1. The largest absolute Gasteiger partial charge is 0.291 e. The van der Waals surface area contributed by atoms with Crippen LogP contribution in [0.2, 0.25) is 0 Å². The smallest absolute Gasteiger partial charge is 0.156 e. The second-order valence-electron chi connectivity index (χ2n) is 12.6. The summed E-state index contributed by atoms with van der Waals surface area (Å²) in [4.78, 5) is 12.6. The predicted octanol–water partition coefficient (Wildman–Crippen LogP) is 12.7. The molecule has 11 rings (SSSR count). The van der Waals surface area contributed by atoms with E-state index in [1.165, 1.54) is 62.6 Å². The second kappa shape index (κ2) is 10.4. The number of aromatic nitrogens is 2. The number of nitrogens with zero attached hydrogens (tertiary/aromatic N) is 3. The molecule has 7 aromatic carbocycles. The first-order valence-electron chi connectivity index (χ1n) is 16.4. The van der Waals surface area contributed by atoms with Gasteiger partial charge in [-0.3, -0.25) is 9.39 Å². The van der Waals surface area contributed by atoms with E-state index in [-0.39, 0.29) is 0 Å². The van der Waals surface area contributed by atoms with Gasteiger partial charge in [-0.15, -0.1) is 11.3 Å². The van der Waals surface area contributed by atoms with Gasteiger partial charge in [-0.25, -0.2) is 4.98 Å². The van der Waals surface area contributed by atoms with Crippen LogP contribution in [0.15, 0.2) is 160 Å². The molecule has 228 valence electrons. The summed E-state index contributed by atoms with van der Waals surface area (Å²) in [6, 6.07) is 52.7. The third-order valence-corrected chi connectivity index (χ3v) is 12.1. The number of imidazole rings is 1. The van der Waals surface area contributed by atoms with Gasteiger partial charge in [-0.2, -0.15) is 0 Å². The highest BCUT2D eigenvalue weighted by molar-refractivity contribution is 7.99. The summed E-state index contributed by atoms with van der Waals surface area (Å²) in [6.07, 6.45) is 2.03. The molecule has 0 unspecified atom stereocenters. The number of hydrogen-bond donors (Lipinski definition) is 0. The van der Waals surface area contributed by atoms with Crippen LogP contribution in [0, 0.1) is 0 Å². The van der Waals surface area contributed by atoms with E-state index in [1.54, 1.807) is 11.8 Å². The summed E-state index contributed by atoms with van der Waals surface area (Å²) in [5.41, 5.74) is 9.96. The Morgan fingerprint density at radius 1 is 0.571 bits per heavy atom. The molecule has 10 aromatic rings. The fourth-order valence-electron chi connectivity index (χ4n) is 7.51. The molecule has 0 atom stereocenters. The van der Waals surface area contributed by atoms with E-state index in [2.05, 4.69) is 144 Å². The first kappa shape index (κ1) is 27.2. The minimum Gasteiger partial charge on any atom is -0.291 e. The molecule has 3 aromatic heterocycles. The summed E-state index contributed by atoms with van der Waals surface area (Å²) in [5.74, 6) is 0. The zero-order valence-electron chi connectivity index (χ0n) is 26.1. The normalized spacial score (nSPS) is 12.7. The highest BCUT2D eigenvalue weighted by atomic mass is 32.2. The molecule has 5 heteroatoms. The van der Waals surface area contributed by atoms with Crippen LogP contribution >= 0.6 is 23.1 Å². The van der Waals surface area contributed by atoms with Gasteiger partial charge >= 0.3 is 0 Å². The SMILES string of the molecule is C1=Nc2ccccc2Sc2cccc(-c3ccc(-c4cc5c(sc6ccc7ccccc7c65)c5nc6cc7ccccc7cc6n45)cc3)c21. The van der Waals surface area contributed by atoms with Crippen LogP contribution in [0.1, 0.15) is 5.56 Å². The maximum atomic E-state index is 5.35. The van der Waals surface area contributed by atoms with Crippen LogP contribution in [-0.4, -0.2) is 15.6 Å². The number of aliphatic imine (C=N–C) groups is 1. The Balaban J connectivity index is 1.15. The monoisotopic (exact) mass is 659 g/mol. The quantitative estimate of drug-likeness (QED) is 0.185. The van der Waals surface area contributed by atoms with Crippen LogP contribution in [0.25, 0.3) is 80.8 Å². The van der Waals surface area contributed by atoms with E-state index in [4.69, 9.17) is 9.98 Å². The molecule has 0 N–H and O–H groups in total. The number of rotatable bonds is 2. The van der Waals surface area contributed by atoms with Gasteiger partial charge in [0, 0.05) is 37.0 Å². The van der Waals surface area contributed by atoms with Crippen molar-refractivity contribution in [3.8, 4) is 22.4 Å². The summed E-state index contributed by atoms with van der Waals surface area (Å²) in [5, 5.41) is 7.52. The van der Waals surface area contributed by atoms with Gasteiger partial charge in [0.25, 0.3) is 0 Å². The van der Waals surface area contributed by atoms with Crippen LogP contribution in [0.3, 0.4) is 0 Å². The fraction of sp³-hybridized carbons (Fsp3) is 0. The first-order chi connectivity index (χ1) is 24.3. The van der Waals surface area contributed by atoms with Gasteiger partial charge in [0.15, 0.2) is 5.65 Å². The lowest BCUT2D eigenvalue weighted by atomic mass is 9.97. The summed E-state index contributed by atoms with van der Waals surface area (Å²) in [7, 11) is 0. The molecule has 0 aliphatic carbocycles. The van der Waals surface area contributed by atoms with Gasteiger partial charge < -0.3 is 0 Å². The molecular weight excluding hydrogens is 635 g/mol. The zero-order valence-corrected chi connectivity index (χ0v) is 27.7. The molecule has 4 heterocycles. The average Bonchev–Trinajstić information content (AvgIpc) is 3.65. The third kappa shape index (κ3) is 4.10. The lowest BCUT2D eigenvalue weighted by Crippen LogP contribution is -1.94. The highest BCUT2D eigenvalue weighted by Crippen LogP contribution is 2.45. The molecule has 0 amide bonds. The lowest BCUT2D eigenvalue weighted by molar-refractivity contribution is 1.25. The minimum atomic E-state index is 1.01. The van der Waals surface area contributed by atoms with Crippen LogP contribution in [-0.2, 0) is 0 Å². The fourth-order valence-corrected chi connectivity index (χ4v) is 9.72. The Morgan fingerprint density at radius 2 is 1.33 bits per heavy atom. The molecule has 0 saturated heterocycles. The Hall–Kier alpha value is -5.75. The number of para-hydroxylation sites is 1. The van der Waals surface area contributed by atoms with Crippen molar-refractivity contribution in [1.82, 2.24) is 9.38 Å². The van der Waals surface area contributed by atoms with Crippen molar-refractivity contribution in [2.75, 3.05) is 0 Å². The second-order valence-corrected chi connectivity index (χ2v) is 14.8. The van der Waals surface area contributed by atoms with Crippen molar-refractivity contribution in [3.05, 3.63) is 151 Å². The van der Waals surface area contributed by atoms with E-state index in [0.29, 0.717) is 0 Å². The topological polar surface area (TPSA) is 29.7 Å². The molecule has 0 fully saturated rings. The molecule has 0 spiro atoms. The van der Waals surface area contributed by atoms with Crippen LogP contribution < -0.4 is 0 Å². The Morgan fingerprint density at radius 3 is 2.22 bits per heavy atom. The maximum absolute atomic E-state index is 5.35. The first-order valence-corrected chi connectivity index (χ1v) is 18.0. The van der Waals surface area contributed by atoms with Crippen molar-refractivity contribution < 1.29 is 0 Å². The molecule has 1 aliphatic heterocycles. The number of hydrogen-bond acceptors (Lipinski definition) is 4. The molecule has 0 bridgehead atoms. The van der Waals surface area contributed by atoms with Crippen molar-refractivity contribution in [2.45, 2.75) is 9.79 Å². The molecule has 0 saturated carbocycles. The summed E-state index contributed by atoms with van der Waals surface area (Å²) in [6.45, 7) is 0. The third-order valence-electron chi connectivity index (χ3n) is 9.84. The molecular formula is C44H25N3S2. The van der Waals surface area contributed by atoms with Crippen LogP contribution in [0.5, 0.6) is 0 Å². The van der Waals surface area contributed by atoms with Gasteiger partial charge in [0.05, 0.1) is 27.1 Å². The number of thiophene rings is 1. The predicted molar refractivity (Wildman–Crippen MR) is 209 cm³/mol. The maximum Gasteiger partial charge on any atom is 0.156 e. The van der Waals surface area contributed by atoms with E-state index in [9.17, 15) is 0 Å². The van der Waals surface area contributed by atoms with Crippen molar-refractivity contribution in [3.63, 3.8) is 0 Å². The Kier molecular flexibility index (Phi) is 5.76. The van der Waals surface area contributed by atoms with Crippen molar-refractivity contribution in [2.24, 2.45) is 4.99 Å². The van der Waals surface area contributed by atoms with Crippen LogP contribution in [0.4, 0.5) is 5.69 Å². The van der Waals surface area contributed by atoms with Gasteiger partial charge in [0.2, 0.25) is 0 Å². The highest BCUT2D eigenvalue weighted by Gasteiger charge is 2.20. The van der Waals surface area contributed by atoms with Crippen molar-refractivity contribution >= 4 is 93.4 Å². The standard InChI is InChI=1S/C44H25N3S2/c1-2-10-30-23-38-36(22-29(30)9-1)46-44-43-33(42-32-11-4-3-8-26(32)20-21-41(42)49-43)24-37(47(38)44)28-18-16-27(17-19-28)31-12-7-15-39-34(31)25-45-35-13-5-6-14-40(35)48-39/h1-25H. The van der Waals surface area contributed by atoms with Crippen molar-refractivity contribution in [1.29, 1.82) is 0 Å². The van der Waals surface area contributed by atoms with Gasteiger partial charge in [-0.05, 0) is 80.7 Å². The molecule has 0 radical (unpaired) electrons.